The van der Waals surface area contributed by atoms with Gasteiger partial charge in [0, 0.05) is 5.56 Å². The Kier molecular flexibility index (Phi) is 3.79. The van der Waals surface area contributed by atoms with Gasteiger partial charge in [0.25, 0.3) is 0 Å². The van der Waals surface area contributed by atoms with Crippen LogP contribution in [0.15, 0.2) is 28.7 Å². The minimum Gasteiger partial charge on any atom is -0.466 e. The molecule has 1 aromatic carbocycles. The lowest BCUT2D eigenvalue weighted by Crippen LogP contribution is -2.11. The van der Waals surface area contributed by atoms with Gasteiger partial charge in [-0.25, -0.2) is 0 Å². The second-order valence-electron chi connectivity index (χ2n) is 6.53. The highest BCUT2D eigenvalue weighted by Gasteiger charge is 2.21. The highest BCUT2D eigenvalue weighted by atomic mass is 16.3. The highest BCUT2D eigenvalue weighted by molar-refractivity contribution is 5.40. The highest BCUT2D eigenvalue weighted by Crippen LogP contribution is 2.32. The summed E-state index contributed by atoms with van der Waals surface area (Å²) in [5, 5.41) is 10.6. The third-order valence-corrected chi connectivity index (χ3v) is 3.98. The van der Waals surface area contributed by atoms with E-state index in [-0.39, 0.29) is 5.41 Å². The minimum absolute atomic E-state index is 0.127. The summed E-state index contributed by atoms with van der Waals surface area (Å²) in [6, 6.07) is 8.20. The minimum atomic E-state index is -0.624. The van der Waals surface area contributed by atoms with Gasteiger partial charge >= 0.3 is 0 Å². The first-order valence-electron chi connectivity index (χ1n) is 7.07. The van der Waals surface area contributed by atoms with Crippen LogP contribution in [0.5, 0.6) is 0 Å². The average Bonchev–Trinajstić information content (AvgIpc) is 2.62. The topological polar surface area (TPSA) is 33.4 Å². The predicted molar refractivity (Wildman–Crippen MR) is 82.1 cm³/mol. The Morgan fingerprint density at radius 1 is 0.950 bits per heavy atom. The first-order valence-corrected chi connectivity index (χ1v) is 7.07. The van der Waals surface area contributed by atoms with Gasteiger partial charge < -0.3 is 9.52 Å². The molecule has 1 unspecified atom stereocenters. The fourth-order valence-corrected chi connectivity index (χ4v) is 2.54. The maximum absolute atomic E-state index is 10.6. The lowest BCUT2D eigenvalue weighted by Gasteiger charge is -2.20. The summed E-state index contributed by atoms with van der Waals surface area (Å²) in [5.41, 5.74) is 4.23. The molecule has 0 fully saturated rings. The fourth-order valence-electron chi connectivity index (χ4n) is 2.54. The van der Waals surface area contributed by atoms with Gasteiger partial charge in [0.15, 0.2) is 0 Å². The molecule has 108 valence electrons. The van der Waals surface area contributed by atoms with Crippen LogP contribution >= 0.6 is 0 Å². The molecule has 2 heteroatoms. The Labute approximate surface area is 121 Å². The monoisotopic (exact) mass is 272 g/mol. The van der Waals surface area contributed by atoms with Crippen LogP contribution < -0.4 is 0 Å². The molecule has 0 saturated heterocycles. The second-order valence-corrected chi connectivity index (χ2v) is 6.53. The number of aliphatic hydroxyl groups excluding tert-OH is 1. The Hall–Kier alpha value is -1.54. The molecular formula is C18H24O2. The predicted octanol–water partition coefficient (Wildman–Crippen LogP) is 4.58. The van der Waals surface area contributed by atoms with E-state index < -0.39 is 6.10 Å². The van der Waals surface area contributed by atoms with E-state index in [1.165, 1.54) is 5.56 Å². The number of furan rings is 1. The molecule has 0 saturated carbocycles. The van der Waals surface area contributed by atoms with Crippen LogP contribution in [0.1, 0.15) is 60.6 Å². The lowest BCUT2D eigenvalue weighted by molar-refractivity contribution is 0.217. The quantitative estimate of drug-likeness (QED) is 0.867. The standard InChI is InChI=1S/C18H24O2/c1-11-12(2)20-13(3)16(11)17(19)14-7-9-15(10-8-14)18(4,5)6/h7-10,17,19H,1-6H3. The summed E-state index contributed by atoms with van der Waals surface area (Å²) in [6.07, 6.45) is -0.624. The van der Waals surface area contributed by atoms with Crippen molar-refractivity contribution in [2.24, 2.45) is 0 Å². The maximum Gasteiger partial charge on any atom is 0.108 e. The first kappa shape index (κ1) is 14.9. The van der Waals surface area contributed by atoms with Gasteiger partial charge in [-0.15, -0.1) is 0 Å². The van der Waals surface area contributed by atoms with Crippen molar-refractivity contribution in [3.05, 3.63) is 58.0 Å². The van der Waals surface area contributed by atoms with Crippen LogP contribution in [-0.4, -0.2) is 5.11 Å². The SMILES string of the molecule is Cc1oc(C)c(C(O)c2ccc(C(C)(C)C)cc2)c1C. The molecule has 0 amide bonds. The van der Waals surface area contributed by atoms with Crippen molar-refractivity contribution < 1.29 is 9.52 Å². The molecule has 1 heterocycles. The van der Waals surface area contributed by atoms with E-state index in [0.29, 0.717) is 0 Å². The fraction of sp³-hybridized carbons (Fsp3) is 0.444. The summed E-state index contributed by atoms with van der Waals surface area (Å²) in [5.74, 6) is 1.68. The average molecular weight is 272 g/mol. The van der Waals surface area contributed by atoms with Crippen LogP contribution in [0.4, 0.5) is 0 Å². The number of aryl methyl sites for hydroxylation is 2. The van der Waals surface area contributed by atoms with Crippen LogP contribution in [0.25, 0.3) is 0 Å². The number of rotatable bonds is 2. The third kappa shape index (κ3) is 2.66. The van der Waals surface area contributed by atoms with Crippen molar-refractivity contribution >= 4 is 0 Å². The Balaban J connectivity index is 2.37. The van der Waals surface area contributed by atoms with Gasteiger partial charge in [0.2, 0.25) is 0 Å². The smallest absolute Gasteiger partial charge is 0.108 e. The summed E-state index contributed by atoms with van der Waals surface area (Å²) >= 11 is 0. The molecule has 2 nitrogen and oxygen atoms in total. The molecule has 20 heavy (non-hydrogen) atoms. The summed E-state index contributed by atoms with van der Waals surface area (Å²) < 4.78 is 5.61. The second kappa shape index (κ2) is 5.10. The molecule has 0 radical (unpaired) electrons. The summed E-state index contributed by atoms with van der Waals surface area (Å²) in [7, 11) is 0. The first-order chi connectivity index (χ1) is 9.21. The van der Waals surface area contributed by atoms with Crippen LogP contribution in [0, 0.1) is 20.8 Å². The molecule has 0 aliphatic carbocycles. The maximum atomic E-state index is 10.6. The van der Waals surface area contributed by atoms with E-state index in [1.807, 2.05) is 32.9 Å². The Morgan fingerprint density at radius 3 is 1.90 bits per heavy atom. The van der Waals surface area contributed by atoms with Crippen molar-refractivity contribution in [1.82, 2.24) is 0 Å². The van der Waals surface area contributed by atoms with Crippen molar-refractivity contribution in [2.45, 2.75) is 53.1 Å². The van der Waals surface area contributed by atoms with Crippen LogP contribution in [0.3, 0.4) is 0 Å². The molecule has 1 aromatic heterocycles. The molecule has 0 aliphatic heterocycles. The van der Waals surface area contributed by atoms with Crippen molar-refractivity contribution in [3.8, 4) is 0 Å². The van der Waals surface area contributed by atoms with E-state index in [4.69, 9.17) is 4.42 Å². The van der Waals surface area contributed by atoms with E-state index in [1.54, 1.807) is 0 Å². The largest absolute Gasteiger partial charge is 0.466 e. The van der Waals surface area contributed by atoms with E-state index in [0.717, 1.165) is 28.2 Å². The molecule has 2 aromatic rings. The third-order valence-electron chi connectivity index (χ3n) is 3.98. The van der Waals surface area contributed by atoms with E-state index in [2.05, 4.69) is 32.9 Å². The number of benzene rings is 1. The molecule has 1 N–H and O–H groups in total. The Morgan fingerprint density at radius 2 is 1.50 bits per heavy atom. The summed E-state index contributed by atoms with van der Waals surface area (Å²) in [6.45, 7) is 12.4. The van der Waals surface area contributed by atoms with E-state index >= 15 is 0 Å². The number of hydrogen-bond acceptors (Lipinski definition) is 2. The normalized spacial score (nSPS) is 13.6. The van der Waals surface area contributed by atoms with Crippen LogP contribution in [0.2, 0.25) is 0 Å². The lowest BCUT2D eigenvalue weighted by atomic mass is 9.86. The van der Waals surface area contributed by atoms with Gasteiger partial charge in [-0.2, -0.15) is 0 Å². The van der Waals surface area contributed by atoms with Gasteiger partial charge in [-0.3, -0.25) is 0 Å². The Bertz CT molecular complexity index is 598. The zero-order valence-electron chi connectivity index (χ0n) is 13.2. The van der Waals surface area contributed by atoms with E-state index in [9.17, 15) is 5.11 Å². The molecule has 2 rings (SSSR count). The molecule has 0 bridgehead atoms. The van der Waals surface area contributed by atoms with Gasteiger partial charge in [-0.05, 0) is 42.9 Å². The zero-order valence-corrected chi connectivity index (χ0v) is 13.2. The van der Waals surface area contributed by atoms with Gasteiger partial charge in [0.1, 0.15) is 17.6 Å². The van der Waals surface area contributed by atoms with Crippen molar-refractivity contribution in [2.75, 3.05) is 0 Å². The molecule has 0 aliphatic rings. The number of aliphatic hydroxyl groups is 1. The molecular weight excluding hydrogens is 248 g/mol. The van der Waals surface area contributed by atoms with Gasteiger partial charge in [0.05, 0.1) is 0 Å². The number of hydrogen-bond donors (Lipinski definition) is 1. The van der Waals surface area contributed by atoms with Crippen molar-refractivity contribution in [3.63, 3.8) is 0 Å². The van der Waals surface area contributed by atoms with Crippen molar-refractivity contribution in [1.29, 1.82) is 0 Å². The molecule has 1 atom stereocenters. The van der Waals surface area contributed by atoms with Crippen LogP contribution in [-0.2, 0) is 5.41 Å². The zero-order chi connectivity index (χ0) is 15.1. The summed E-state index contributed by atoms with van der Waals surface area (Å²) in [4.78, 5) is 0. The molecule has 0 spiro atoms. The van der Waals surface area contributed by atoms with Gasteiger partial charge in [-0.1, -0.05) is 45.0 Å².